The number of ether oxygens (including phenoxy) is 9. The second-order valence-electron chi connectivity index (χ2n) is 14.5. The van der Waals surface area contributed by atoms with Crippen molar-refractivity contribution in [3.05, 3.63) is 179 Å². The molecule has 0 bridgehead atoms. The lowest BCUT2D eigenvalue weighted by atomic mass is 9.97. The highest BCUT2D eigenvalue weighted by molar-refractivity contribution is 5.17. The molecule has 0 aliphatic carbocycles. The Morgan fingerprint density at radius 2 is 0.825 bits per heavy atom. The van der Waals surface area contributed by atoms with E-state index in [1.165, 1.54) is 0 Å². The fourth-order valence-corrected chi connectivity index (χ4v) is 7.33. The minimum absolute atomic E-state index is 0.147. The normalized spacial score (nSPS) is 26.2. The molecule has 5 aromatic carbocycles. The Morgan fingerprint density at radius 3 is 1.26 bits per heavy atom. The van der Waals surface area contributed by atoms with E-state index in [-0.39, 0.29) is 24.9 Å². The standard InChI is InChI=1S/C48H54O9/c1-35-44(52-30-37-20-10-4-11-21-37)41(50-29-36-18-8-3-9-19-36)28-43(56-35)51-34-42-45(53-31-38-22-12-5-13-23-38)46(54-32-39-24-14-6-15-25-39)47(48(49-2)57-42)55-33-40-26-16-7-17-27-40/h3-27,35,41-48H,28-34H2,1-2H3/t35-,41-,42-,43-,44-,45-,46+,47-,48+/m1/s1. The molecule has 0 radical (unpaired) electrons. The predicted molar refractivity (Wildman–Crippen MR) is 216 cm³/mol. The number of hydrogen-bond donors (Lipinski definition) is 0. The van der Waals surface area contributed by atoms with E-state index >= 15 is 0 Å². The average Bonchev–Trinajstić information content (AvgIpc) is 3.27. The molecule has 0 saturated carbocycles. The predicted octanol–water partition coefficient (Wildman–Crippen LogP) is 8.44. The molecule has 2 aliphatic rings. The van der Waals surface area contributed by atoms with Crippen molar-refractivity contribution in [1.29, 1.82) is 0 Å². The van der Waals surface area contributed by atoms with Crippen molar-refractivity contribution in [1.82, 2.24) is 0 Å². The molecule has 9 heteroatoms. The van der Waals surface area contributed by atoms with Gasteiger partial charge in [-0.15, -0.1) is 0 Å². The summed E-state index contributed by atoms with van der Waals surface area (Å²) in [6.45, 7) is 4.08. The number of methoxy groups -OCH3 is 1. The first-order valence-electron chi connectivity index (χ1n) is 19.9. The maximum Gasteiger partial charge on any atom is 0.186 e. The van der Waals surface area contributed by atoms with Gasteiger partial charge in [0.15, 0.2) is 12.6 Å². The van der Waals surface area contributed by atoms with Crippen molar-refractivity contribution in [2.45, 2.75) is 102 Å². The Hall–Kier alpha value is -4.26. The fourth-order valence-electron chi connectivity index (χ4n) is 7.33. The van der Waals surface area contributed by atoms with Gasteiger partial charge in [-0.1, -0.05) is 152 Å². The van der Waals surface area contributed by atoms with Gasteiger partial charge in [0.25, 0.3) is 0 Å². The highest BCUT2D eigenvalue weighted by Crippen LogP contribution is 2.33. The molecule has 2 saturated heterocycles. The third kappa shape index (κ3) is 11.9. The molecule has 2 fully saturated rings. The molecule has 9 atom stereocenters. The summed E-state index contributed by atoms with van der Waals surface area (Å²) in [5.74, 6) is 0. The fraction of sp³-hybridized carbons (Fsp3) is 0.375. The van der Waals surface area contributed by atoms with Crippen LogP contribution in [0.3, 0.4) is 0 Å². The topological polar surface area (TPSA) is 83.1 Å². The molecule has 0 N–H and O–H groups in total. The van der Waals surface area contributed by atoms with Crippen LogP contribution < -0.4 is 0 Å². The van der Waals surface area contributed by atoms with Gasteiger partial charge in [-0.25, -0.2) is 0 Å². The molecule has 9 nitrogen and oxygen atoms in total. The van der Waals surface area contributed by atoms with Crippen LogP contribution in [-0.2, 0) is 75.7 Å². The monoisotopic (exact) mass is 774 g/mol. The molecule has 7 rings (SSSR count). The summed E-state index contributed by atoms with van der Waals surface area (Å²) >= 11 is 0. The highest BCUT2D eigenvalue weighted by Gasteiger charge is 2.49. The number of rotatable bonds is 19. The molecule has 300 valence electrons. The van der Waals surface area contributed by atoms with Crippen LogP contribution in [0.4, 0.5) is 0 Å². The van der Waals surface area contributed by atoms with Gasteiger partial charge in [-0.05, 0) is 34.7 Å². The first-order valence-corrected chi connectivity index (χ1v) is 19.9. The number of benzene rings is 5. The van der Waals surface area contributed by atoms with E-state index in [2.05, 4.69) is 24.3 Å². The zero-order valence-electron chi connectivity index (χ0n) is 32.8. The van der Waals surface area contributed by atoms with Crippen molar-refractivity contribution < 1.29 is 42.6 Å². The van der Waals surface area contributed by atoms with E-state index in [1.54, 1.807) is 7.11 Å². The van der Waals surface area contributed by atoms with Crippen LogP contribution in [-0.4, -0.2) is 69.0 Å². The Morgan fingerprint density at radius 1 is 0.439 bits per heavy atom. The van der Waals surface area contributed by atoms with Crippen LogP contribution >= 0.6 is 0 Å². The van der Waals surface area contributed by atoms with Crippen molar-refractivity contribution in [2.75, 3.05) is 13.7 Å². The van der Waals surface area contributed by atoms with Crippen molar-refractivity contribution >= 4 is 0 Å². The second kappa shape index (κ2) is 21.5. The smallest absolute Gasteiger partial charge is 0.186 e. The molecule has 57 heavy (non-hydrogen) atoms. The van der Waals surface area contributed by atoms with Gasteiger partial charge in [0.05, 0.1) is 51.8 Å². The van der Waals surface area contributed by atoms with Crippen LogP contribution in [0.5, 0.6) is 0 Å². The van der Waals surface area contributed by atoms with Gasteiger partial charge in [0.2, 0.25) is 0 Å². The van der Waals surface area contributed by atoms with E-state index in [0.717, 1.165) is 27.8 Å². The Balaban J connectivity index is 1.10. The van der Waals surface area contributed by atoms with Gasteiger partial charge in [0, 0.05) is 13.5 Å². The molecule has 2 heterocycles. The van der Waals surface area contributed by atoms with E-state index < -0.39 is 37.0 Å². The Labute approximate surface area is 336 Å². The first-order chi connectivity index (χ1) is 28.1. The van der Waals surface area contributed by atoms with Crippen LogP contribution in [0.2, 0.25) is 0 Å². The maximum atomic E-state index is 6.78. The first kappa shape index (κ1) is 40.9. The third-order valence-electron chi connectivity index (χ3n) is 10.3. The summed E-state index contributed by atoms with van der Waals surface area (Å²) in [5, 5.41) is 0. The molecule has 0 aromatic heterocycles. The van der Waals surface area contributed by atoms with Crippen molar-refractivity contribution in [3.63, 3.8) is 0 Å². The zero-order chi connectivity index (χ0) is 39.1. The lowest BCUT2D eigenvalue weighted by Crippen LogP contribution is -2.62. The van der Waals surface area contributed by atoms with Crippen LogP contribution in [0.15, 0.2) is 152 Å². The van der Waals surface area contributed by atoms with Gasteiger partial charge in [0.1, 0.15) is 30.5 Å². The van der Waals surface area contributed by atoms with Crippen LogP contribution in [0.1, 0.15) is 41.2 Å². The largest absolute Gasteiger partial charge is 0.371 e. The second-order valence-corrected chi connectivity index (χ2v) is 14.5. The summed E-state index contributed by atoms with van der Waals surface area (Å²) in [7, 11) is 1.62. The van der Waals surface area contributed by atoms with E-state index in [1.807, 2.05) is 134 Å². The summed E-state index contributed by atoms with van der Waals surface area (Å²) in [4.78, 5) is 0. The molecule has 5 aromatic rings. The van der Waals surface area contributed by atoms with Gasteiger partial charge < -0.3 is 42.6 Å². The maximum absolute atomic E-state index is 6.78. The summed E-state index contributed by atoms with van der Waals surface area (Å²) in [6.07, 6.45) is -4.16. The van der Waals surface area contributed by atoms with Gasteiger partial charge in [-0.3, -0.25) is 0 Å². The van der Waals surface area contributed by atoms with Crippen LogP contribution in [0.25, 0.3) is 0 Å². The molecular formula is C48H54O9. The SMILES string of the molecule is CO[C@H]1O[C@H](CO[C@H]2C[C@@H](OCc3ccccc3)[C@H](OCc3ccccc3)[C@@H](C)O2)[C@@H](OCc2ccccc2)[C@H](OCc2ccccc2)[C@H]1OCc1ccccc1. The highest BCUT2D eigenvalue weighted by atomic mass is 16.7. The van der Waals surface area contributed by atoms with Gasteiger partial charge >= 0.3 is 0 Å². The average molecular weight is 775 g/mol. The summed E-state index contributed by atoms with van der Waals surface area (Å²) in [5.41, 5.74) is 5.26. The molecule has 2 aliphatic heterocycles. The van der Waals surface area contributed by atoms with E-state index in [0.29, 0.717) is 39.5 Å². The Kier molecular flexibility index (Phi) is 15.4. The van der Waals surface area contributed by atoms with Crippen molar-refractivity contribution in [2.24, 2.45) is 0 Å². The summed E-state index contributed by atoms with van der Waals surface area (Å²) in [6, 6.07) is 50.5. The molecule has 0 amide bonds. The molecule has 0 unspecified atom stereocenters. The van der Waals surface area contributed by atoms with E-state index in [4.69, 9.17) is 42.6 Å². The van der Waals surface area contributed by atoms with Gasteiger partial charge in [-0.2, -0.15) is 0 Å². The number of hydrogen-bond acceptors (Lipinski definition) is 9. The summed E-state index contributed by atoms with van der Waals surface area (Å²) < 4.78 is 59.0. The van der Waals surface area contributed by atoms with E-state index in [9.17, 15) is 0 Å². The minimum Gasteiger partial charge on any atom is -0.371 e. The Bertz CT molecular complexity index is 1830. The zero-order valence-corrected chi connectivity index (χ0v) is 32.8. The third-order valence-corrected chi connectivity index (χ3v) is 10.3. The lowest BCUT2D eigenvalue weighted by Gasteiger charge is -2.46. The minimum atomic E-state index is -0.761. The molecular weight excluding hydrogens is 721 g/mol. The quantitative estimate of drug-likeness (QED) is 0.0822. The molecule has 0 spiro atoms. The van der Waals surface area contributed by atoms with Crippen LogP contribution in [0, 0.1) is 0 Å². The lowest BCUT2D eigenvalue weighted by molar-refractivity contribution is -0.333. The van der Waals surface area contributed by atoms with Crippen molar-refractivity contribution in [3.8, 4) is 0 Å².